The standard InChI is InChI=1S/C13H12ClNS/c1-10-7-8-12(14)13(15-10)16-9-11-5-3-2-4-6-11/h2-8H,9H2,1H3. The van der Waals surface area contributed by atoms with Gasteiger partial charge in [0.2, 0.25) is 0 Å². The quantitative estimate of drug-likeness (QED) is 0.751. The van der Waals surface area contributed by atoms with E-state index in [0.717, 1.165) is 21.5 Å². The Kier molecular flexibility index (Phi) is 3.86. The highest BCUT2D eigenvalue weighted by Crippen LogP contribution is 2.27. The number of aromatic nitrogens is 1. The van der Waals surface area contributed by atoms with Gasteiger partial charge < -0.3 is 0 Å². The molecule has 0 fully saturated rings. The number of halogens is 1. The lowest BCUT2D eigenvalue weighted by molar-refractivity contribution is 1.06. The van der Waals surface area contributed by atoms with E-state index in [0.29, 0.717) is 0 Å². The van der Waals surface area contributed by atoms with Gasteiger partial charge in [0.1, 0.15) is 5.03 Å². The van der Waals surface area contributed by atoms with Crippen LogP contribution in [0.15, 0.2) is 47.5 Å². The van der Waals surface area contributed by atoms with Crippen LogP contribution in [-0.4, -0.2) is 4.98 Å². The molecule has 0 bridgehead atoms. The van der Waals surface area contributed by atoms with E-state index < -0.39 is 0 Å². The summed E-state index contributed by atoms with van der Waals surface area (Å²) in [6, 6.07) is 14.1. The molecule has 82 valence electrons. The van der Waals surface area contributed by atoms with E-state index in [1.54, 1.807) is 11.8 Å². The number of rotatable bonds is 3. The maximum absolute atomic E-state index is 6.08. The van der Waals surface area contributed by atoms with Gasteiger partial charge in [-0.2, -0.15) is 0 Å². The normalized spacial score (nSPS) is 10.4. The Bertz CT molecular complexity index is 471. The molecule has 16 heavy (non-hydrogen) atoms. The zero-order chi connectivity index (χ0) is 11.4. The summed E-state index contributed by atoms with van der Waals surface area (Å²) in [4.78, 5) is 4.42. The first-order valence-corrected chi connectivity index (χ1v) is 6.42. The van der Waals surface area contributed by atoms with Gasteiger partial charge in [-0.1, -0.05) is 41.9 Å². The Balaban J connectivity index is 2.08. The van der Waals surface area contributed by atoms with Crippen molar-refractivity contribution < 1.29 is 0 Å². The van der Waals surface area contributed by atoms with Gasteiger partial charge in [0.05, 0.1) is 5.02 Å². The molecule has 0 aliphatic heterocycles. The summed E-state index contributed by atoms with van der Waals surface area (Å²) in [6.45, 7) is 1.98. The van der Waals surface area contributed by atoms with Crippen LogP contribution in [0.1, 0.15) is 11.3 Å². The predicted molar refractivity (Wildman–Crippen MR) is 70.0 cm³/mol. The molecule has 2 aromatic rings. The molecule has 0 amide bonds. The number of hydrogen-bond donors (Lipinski definition) is 0. The minimum atomic E-state index is 0.728. The van der Waals surface area contributed by atoms with Crippen LogP contribution in [-0.2, 0) is 5.75 Å². The topological polar surface area (TPSA) is 12.9 Å². The minimum absolute atomic E-state index is 0.728. The molecule has 0 atom stereocenters. The average molecular weight is 250 g/mol. The maximum Gasteiger partial charge on any atom is 0.115 e. The third-order valence-electron chi connectivity index (χ3n) is 2.17. The SMILES string of the molecule is Cc1ccc(Cl)c(SCc2ccccc2)n1. The second kappa shape index (κ2) is 5.37. The maximum atomic E-state index is 6.08. The number of nitrogens with zero attached hydrogens (tertiary/aromatic N) is 1. The molecular formula is C13H12ClNS. The number of hydrogen-bond acceptors (Lipinski definition) is 2. The van der Waals surface area contributed by atoms with Crippen LogP contribution in [0.3, 0.4) is 0 Å². The summed E-state index contributed by atoms with van der Waals surface area (Å²) in [6.07, 6.45) is 0. The van der Waals surface area contributed by atoms with Gasteiger partial charge in [-0.25, -0.2) is 4.98 Å². The molecule has 0 saturated heterocycles. The second-order valence-electron chi connectivity index (χ2n) is 3.51. The van der Waals surface area contributed by atoms with Gasteiger partial charge in [0, 0.05) is 11.4 Å². The lowest BCUT2D eigenvalue weighted by Crippen LogP contribution is -1.87. The molecule has 1 aromatic heterocycles. The zero-order valence-corrected chi connectivity index (χ0v) is 10.6. The number of benzene rings is 1. The average Bonchev–Trinajstić information content (AvgIpc) is 2.32. The van der Waals surface area contributed by atoms with E-state index in [2.05, 4.69) is 17.1 Å². The van der Waals surface area contributed by atoms with Gasteiger partial charge >= 0.3 is 0 Å². The Labute approximate surface area is 105 Å². The van der Waals surface area contributed by atoms with Crippen LogP contribution in [0.4, 0.5) is 0 Å². The van der Waals surface area contributed by atoms with Crippen molar-refractivity contribution in [1.29, 1.82) is 0 Å². The first-order valence-electron chi connectivity index (χ1n) is 5.05. The van der Waals surface area contributed by atoms with Crippen molar-refractivity contribution >= 4 is 23.4 Å². The highest BCUT2D eigenvalue weighted by atomic mass is 35.5. The van der Waals surface area contributed by atoms with Crippen molar-refractivity contribution in [1.82, 2.24) is 4.98 Å². The Morgan fingerprint density at radius 1 is 1.12 bits per heavy atom. The summed E-state index contributed by atoms with van der Waals surface area (Å²) < 4.78 is 0. The van der Waals surface area contributed by atoms with Crippen LogP contribution in [0.2, 0.25) is 5.02 Å². The summed E-state index contributed by atoms with van der Waals surface area (Å²) >= 11 is 7.75. The van der Waals surface area contributed by atoms with E-state index in [1.807, 2.05) is 37.3 Å². The highest BCUT2D eigenvalue weighted by molar-refractivity contribution is 7.98. The Hall–Kier alpha value is -0.990. The van der Waals surface area contributed by atoms with Crippen LogP contribution in [0, 0.1) is 6.92 Å². The number of thioether (sulfide) groups is 1. The summed E-state index contributed by atoms with van der Waals surface area (Å²) in [5.41, 5.74) is 2.28. The molecule has 2 rings (SSSR count). The summed E-state index contributed by atoms with van der Waals surface area (Å²) in [5, 5.41) is 1.64. The predicted octanol–water partition coefficient (Wildman–Crippen LogP) is 4.34. The second-order valence-corrected chi connectivity index (χ2v) is 4.89. The van der Waals surface area contributed by atoms with Gasteiger partial charge in [-0.05, 0) is 24.6 Å². The Morgan fingerprint density at radius 2 is 1.88 bits per heavy atom. The van der Waals surface area contributed by atoms with Gasteiger partial charge in [-0.3, -0.25) is 0 Å². The molecule has 1 aromatic carbocycles. The lowest BCUT2D eigenvalue weighted by Gasteiger charge is -2.04. The van der Waals surface area contributed by atoms with Gasteiger partial charge in [-0.15, -0.1) is 11.8 Å². The molecule has 3 heteroatoms. The smallest absolute Gasteiger partial charge is 0.115 e. The molecule has 1 nitrogen and oxygen atoms in total. The van der Waals surface area contributed by atoms with E-state index in [9.17, 15) is 0 Å². The third kappa shape index (κ3) is 3.00. The van der Waals surface area contributed by atoms with Crippen molar-refractivity contribution in [3.63, 3.8) is 0 Å². The van der Waals surface area contributed by atoms with Crippen molar-refractivity contribution in [2.24, 2.45) is 0 Å². The first kappa shape index (κ1) is 11.5. The van der Waals surface area contributed by atoms with Gasteiger partial charge in [0.25, 0.3) is 0 Å². The third-order valence-corrected chi connectivity index (χ3v) is 3.65. The van der Waals surface area contributed by atoms with Crippen LogP contribution >= 0.6 is 23.4 Å². The molecule has 0 N–H and O–H groups in total. The molecule has 0 aliphatic rings. The van der Waals surface area contributed by atoms with E-state index in [4.69, 9.17) is 11.6 Å². The fraction of sp³-hybridized carbons (Fsp3) is 0.154. The largest absolute Gasteiger partial charge is 0.245 e. The first-order chi connectivity index (χ1) is 7.75. The molecule has 0 saturated carbocycles. The van der Waals surface area contributed by atoms with Crippen molar-refractivity contribution in [3.05, 3.63) is 58.7 Å². The minimum Gasteiger partial charge on any atom is -0.245 e. The Morgan fingerprint density at radius 3 is 2.62 bits per heavy atom. The van der Waals surface area contributed by atoms with Crippen molar-refractivity contribution in [3.8, 4) is 0 Å². The van der Waals surface area contributed by atoms with Crippen molar-refractivity contribution in [2.75, 3.05) is 0 Å². The number of aryl methyl sites for hydroxylation is 1. The van der Waals surface area contributed by atoms with Gasteiger partial charge in [0.15, 0.2) is 0 Å². The fourth-order valence-electron chi connectivity index (χ4n) is 1.34. The van der Waals surface area contributed by atoms with Crippen LogP contribution in [0.25, 0.3) is 0 Å². The van der Waals surface area contributed by atoms with E-state index >= 15 is 0 Å². The van der Waals surface area contributed by atoms with Crippen LogP contribution < -0.4 is 0 Å². The van der Waals surface area contributed by atoms with Crippen LogP contribution in [0.5, 0.6) is 0 Å². The zero-order valence-electron chi connectivity index (χ0n) is 8.98. The highest BCUT2D eigenvalue weighted by Gasteiger charge is 2.03. The molecule has 0 spiro atoms. The lowest BCUT2D eigenvalue weighted by atomic mass is 10.2. The molecule has 1 heterocycles. The summed E-state index contributed by atoms with van der Waals surface area (Å²) in [7, 11) is 0. The van der Waals surface area contributed by atoms with E-state index in [1.165, 1.54) is 5.56 Å². The molecule has 0 unspecified atom stereocenters. The van der Waals surface area contributed by atoms with Crippen molar-refractivity contribution in [2.45, 2.75) is 17.7 Å². The summed E-state index contributed by atoms with van der Waals surface area (Å²) in [5.74, 6) is 0.900. The molecule has 0 radical (unpaired) electrons. The van der Waals surface area contributed by atoms with E-state index in [-0.39, 0.29) is 0 Å². The molecule has 0 aliphatic carbocycles. The molecular weight excluding hydrogens is 238 g/mol. The monoisotopic (exact) mass is 249 g/mol. The fourth-order valence-corrected chi connectivity index (χ4v) is 2.52. The number of pyridine rings is 1.